The van der Waals surface area contributed by atoms with Crippen molar-refractivity contribution in [3.63, 3.8) is 0 Å². The second kappa shape index (κ2) is 5.93. The number of aryl methyl sites for hydroxylation is 1. The van der Waals surface area contributed by atoms with Crippen molar-refractivity contribution in [1.82, 2.24) is 5.32 Å². The Kier molecular flexibility index (Phi) is 4.48. The van der Waals surface area contributed by atoms with E-state index in [0.29, 0.717) is 0 Å². The highest BCUT2D eigenvalue weighted by atomic mass is 16.5. The molecule has 3 heteroatoms. The molecule has 0 spiro atoms. The van der Waals surface area contributed by atoms with Gasteiger partial charge in [-0.05, 0) is 46.2 Å². The summed E-state index contributed by atoms with van der Waals surface area (Å²) < 4.78 is 11.6. The molecule has 1 aliphatic rings. The van der Waals surface area contributed by atoms with Gasteiger partial charge in [-0.1, -0.05) is 17.7 Å². The summed E-state index contributed by atoms with van der Waals surface area (Å²) in [6.45, 7) is 5.16. The lowest BCUT2D eigenvalue weighted by atomic mass is 9.83. The highest BCUT2D eigenvalue weighted by Gasteiger charge is 2.38. The van der Waals surface area contributed by atoms with Crippen LogP contribution in [0.2, 0.25) is 0 Å². The summed E-state index contributed by atoms with van der Waals surface area (Å²) in [5, 5.41) is 3.43. The molecule has 1 fully saturated rings. The fraction of sp³-hybridized carbons (Fsp3) is 0.625. The van der Waals surface area contributed by atoms with Gasteiger partial charge < -0.3 is 14.8 Å². The Hall–Kier alpha value is -1.06. The molecule has 2 atom stereocenters. The molecular weight excluding hydrogens is 238 g/mol. The molecule has 0 aliphatic carbocycles. The predicted octanol–water partition coefficient (Wildman–Crippen LogP) is 3.22. The minimum atomic E-state index is -0.159. The Morgan fingerprint density at radius 1 is 1.37 bits per heavy atom. The van der Waals surface area contributed by atoms with Crippen LogP contribution in [-0.4, -0.2) is 26.4 Å². The van der Waals surface area contributed by atoms with Crippen LogP contribution in [0, 0.1) is 6.92 Å². The number of ether oxygens (including phenoxy) is 2. The van der Waals surface area contributed by atoms with Gasteiger partial charge in [-0.3, -0.25) is 0 Å². The summed E-state index contributed by atoms with van der Waals surface area (Å²) in [7, 11) is 3.72. The molecule has 1 saturated heterocycles. The molecule has 1 heterocycles. The van der Waals surface area contributed by atoms with Crippen LogP contribution in [0.15, 0.2) is 18.2 Å². The van der Waals surface area contributed by atoms with Crippen LogP contribution in [0.3, 0.4) is 0 Å². The lowest BCUT2D eigenvalue weighted by molar-refractivity contribution is -0.0887. The minimum absolute atomic E-state index is 0.155. The van der Waals surface area contributed by atoms with E-state index in [9.17, 15) is 0 Å². The number of benzene rings is 1. The van der Waals surface area contributed by atoms with Gasteiger partial charge in [-0.2, -0.15) is 0 Å². The van der Waals surface area contributed by atoms with Gasteiger partial charge in [-0.25, -0.2) is 0 Å². The predicted molar refractivity (Wildman–Crippen MR) is 77.7 cm³/mol. The van der Waals surface area contributed by atoms with Crippen molar-refractivity contribution in [2.24, 2.45) is 0 Å². The molecule has 0 aromatic heterocycles. The Bertz CT molecular complexity index is 425. The summed E-state index contributed by atoms with van der Waals surface area (Å²) in [5.41, 5.74) is 2.28. The zero-order valence-corrected chi connectivity index (χ0v) is 12.5. The number of hydrogen-bond acceptors (Lipinski definition) is 3. The summed E-state index contributed by atoms with van der Waals surface area (Å²) in [5.74, 6) is 0.931. The van der Waals surface area contributed by atoms with Gasteiger partial charge >= 0.3 is 0 Å². The van der Waals surface area contributed by atoms with E-state index >= 15 is 0 Å². The fourth-order valence-corrected chi connectivity index (χ4v) is 3.05. The van der Waals surface area contributed by atoms with Crippen molar-refractivity contribution < 1.29 is 9.47 Å². The Balaban J connectivity index is 2.38. The van der Waals surface area contributed by atoms with Crippen molar-refractivity contribution >= 4 is 0 Å². The van der Waals surface area contributed by atoms with E-state index in [4.69, 9.17) is 9.47 Å². The second-order valence-corrected chi connectivity index (χ2v) is 5.59. The first-order valence-electron chi connectivity index (χ1n) is 7.06. The van der Waals surface area contributed by atoms with E-state index in [2.05, 4.69) is 31.3 Å². The molecular formula is C16H25NO2. The molecule has 0 radical (unpaired) electrons. The van der Waals surface area contributed by atoms with E-state index in [-0.39, 0.29) is 11.6 Å². The molecule has 1 N–H and O–H groups in total. The van der Waals surface area contributed by atoms with Gasteiger partial charge in [0.25, 0.3) is 0 Å². The van der Waals surface area contributed by atoms with Crippen molar-refractivity contribution in [3.05, 3.63) is 29.3 Å². The highest BCUT2D eigenvalue weighted by molar-refractivity contribution is 5.40. The van der Waals surface area contributed by atoms with Gasteiger partial charge in [0.15, 0.2) is 0 Å². The summed E-state index contributed by atoms with van der Waals surface area (Å²) >= 11 is 0. The van der Waals surface area contributed by atoms with Crippen LogP contribution in [0.1, 0.15) is 43.4 Å². The van der Waals surface area contributed by atoms with E-state index in [0.717, 1.165) is 25.2 Å². The van der Waals surface area contributed by atoms with Crippen LogP contribution in [0.4, 0.5) is 0 Å². The van der Waals surface area contributed by atoms with Gasteiger partial charge in [0.05, 0.1) is 18.8 Å². The first kappa shape index (κ1) is 14.4. The number of likely N-dealkylation sites (N-methyl/N-ethyl adjacent to an activating group) is 1. The normalized spacial score (nSPS) is 25.1. The van der Waals surface area contributed by atoms with E-state index in [1.54, 1.807) is 7.11 Å². The van der Waals surface area contributed by atoms with Gasteiger partial charge in [0.2, 0.25) is 0 Å². The summed E-state index contributed by atoms with van der Waals surface area (Å²) in [6, 6.07) is 6.48. The Labute approximate surface area is 116 Å². The molecule has 0 bridgehead atoms. The van der Waals surface area contributed by atoms with E-state index in [1.807, 2.05) is 13.1 Å². The van der Waals surface area contributed by atoms with E-state index in [1.165, 1.54) is 17.5 Å². The van der Waals surface area contributed by atoms with Crippen LogP contribution in [0.5, 0.6) is 5.75 Å². The van der Waals surface area contributed by atoms with Gasteiger partial charge in [0.1, 0.15) is 5.75 Å². The lowest BCUT2D eigenvalue weighted by Crippen LogP contribution is -2.45. The van der Waals surface area contributed by atoms with Crippen molar-refractivity contribution in [3.8, 4) is 5.75 Å². The van der Waals surface area contributed by atoms with Crippen molar-refractivity contribution in [2.75, 3.05) is 20.8 Å². The third-order valence-corrected chi connectivity index (χ3v) is 4.09. The Morgan fingerprint density at radius 3 is 2.74 bits per heavy atom. The molecule has 1 aromatic rings. The van der Waals surface area contributed by atoms with Gasteiger partial charge in [-0.15, -0.1) is 0 Å². The molecule has 2 unspecified atom stereocenters. The molecule has 106 valence electrons. The quantitative estimate of drug-likeness (QED) is 0.904. The molecule has 0 saturated carbocycles. The van der Waals surface area contributed by atoms with Gasteiger partial charge in [0, 0.05) is 12.2 Å². The standard InChI is InChI=1S/C16H25NO2/c1-12-7-8-14(18-4)13(11-12)15(17-3)16(2)9-5-6-10-19-16/h7-8,11,15,17H,5-6,9-10H2,1-4H3. The topological polar surface area (TPSA) is 30.5 Å². The average Bonchev–Trinajstić information content (AvgIpc) is 2.40. The zero-order valence-electron chi connectivity index (χ0n) is 12.5. The van der Waals surface area contributed by atoms with Crippen molar-refractivity contribution in [2.45, 2.75) is 44.8 Å². The highest BCUT2D eigenvalue weighted by Crippen LogP contribution is 2.39. The molecule has 19 heavy (non-hydrogen) atoms. The van der Waals surface area contributed by atoms with Crippen LogP contribution < -0.4 is 10.1 Å². The van der Waals surface area contributed by atoms with Crippen LogP contribution in [-0.2, 0) is 4.74 Å². The van der Waals surface area contributed by atoms with Crippen LogP contribution >= 0.6 is 0 Å². The SMILES string of the molecule is CNC(c1cc(C)ccc1OC)C1(C)CCCCO1. The lowest BCUT2D eigenvalue weighted by Gasteiger charge is -2.41. The van der Waals surface area contributed by atoms with Crippen LogP contribution in [0.25, 0.3) is 0 Å². The zero-order chi connectivity index (χ0) is 13.9. The maximum absolute atomic E-state index is 6.09. The summed E-state index contributed by atoms with van der Waals surface area (Å²) in [4.78, 5) is 0. The summed E-state index contributed by atoms with van der Waals surface area (Å²) in [6.07, 6.45) is 3.47. The molecule has 0 amide bonds. The number of rotatable bonds is 4. The third-order valence-electron chi connectivity index (χ3n) is 4.09. The average molecular weight is 263 g/mol. The largest absolute Gasteiger partial charge is 0.496 e. The smallest absolute Gasteiger partial charge is 0.123 e. The molecule has 3 nitrogen and oxygen atoms in total. The number of hydrogen-bond donors (Lipinski definition) is 1. The minimum Gasteiger partial charge on any atom is -0.496 e. The maximum atomic E-state index is 6.09. The number of nitrogens with one attached hydrogen (secondary N) is 1. The molecule has 1 aliphatic heterocycles. The Morgan fingerprint density at radius 2 is 2.16 bits per heavy atom. The molecule has 1 aromatic carbocycles. The molecule has 2 rings (SSSR count). The number of methoxy groups -OCH3 is 1. The van der Waals surface area contributed by atoms with Crippen molar-refractivity contribution in [1.29, 1.82) is 0 Å². The maximum Gasteiger partial charge on any atom is 0.123 e. The fourth-order valence-electron chi connectivity index (χ4n) is 3.05. The second-order valence-electron chi connectivity index (χ2n) is 5.59. The monoisotopic (exact) mass is 263 g/mol. The first-order valence-corrected chi connectivity index (χ1v) is 7.06. The first-order chi connectivity index (χ1) is 9.10. The third kappa shape index (κ3) is 2.93. The van der Waals surface area contributed by atoms with E-state index < -0.39 is 0 Å².